The molecule has 1 aromatic carbocycles. The fraction of sp³-hybridized carbons (Fsp3) is 0.207. The molecular weight excluding hydrogens is 478 g/mol. The molecule has 9 heteroatoms. The number of carbonyl (C=O) groups is 1. The van der Waals surface area contributed by atoms with Gasteiger partial charge in [-0.05, 0) is 54.2 Å². The number of hydrogen-bond donors (Lipinski definition) is 3. The van der Waals surface area contributed by atoms with Gasteiger partial charge in [0.15, 0.2) is 0 Å². The molecular formula is C29H27N7O2. The number of benzene rings is 1. The first-order chi connectivity index (χ1) is 18.6. The first kappa shape index (κ1) is 23.6. The topological polar surface area (TPSA) is 132 Å². The van der Waals surface area contributed by atoms with Crippen LogP contribution >= 0.6 is 0 Å². The molecule has 6 rings (SSSR count). The number of pyridine rings is 3. The summed E-state index contributed by atoms with van der Waals surface area (Å²) in [5, 5.41) is 3.45. The Hall–Kier alpha value is -4.79. The first-order valence-electron chi connectivity index (χ1n) is 12.6. The van der Waals surface area contributed by atoms with Crippen molar-refractivity contribution < 1.29 is 4.79 Å². The summed E-state index contributed by atoms with van der Waals surface area (Å²) >= 11 is 0. The molecule has 0 saturated heterocycles. The zero-order valence-corrected chi connectivity index (χ0v) is 20.7. The number of anilines is 1. The molecule has 0 unspecified atom stereocenters. The number of nitrogens with one attached hydrogen (secondary N) is 2. The zero-order valence-electron chi connectivity index (χ0n) is 20.7. The number of carbonyl (C=O) groups excluding carboxylic acids is 1. The highest BCUT2D eigenvalue weighted by atomic mass is 16.1. The van der Waals surface area contributed by atoms with Crippen LogP contribution in [0.3, 0.4) is 0 Å². The van der Waals surface area contributed by atoms with Gasteiger partial charge in [-0.2, -0.15) is 0 Å². The van der Waals surface area contributed by atoms with E-state index in [9.17, 15) is 9.59 Å². The molecule has 1 aliphatic carbocycles. The zero-order chi connectivity index (χ0) is 26.1. The van der Waals surface area contributed by atoms with Crippen molar-refractivity contribution in [3.8, 4) is 22.6 Å². The number of aromatic nitrogens is 5. The number of amides is 1. The van der Waals surface area contributed by atoms with Crippen LogP contribution in [0.4, 0.5) is 5.82 Å². The molecule has 9 nitrogen and oxygen atoms in total. The summed E-state index contributed by atoms with van der Waals surface area (Å²) in [5.74, 6) is 1.32. The van der Waals surface area contributed by atoms with Gasteiger partial charge in [0.05, 0.1) is 17.5 Å². The Morgan fingerprint density at radius 3 is 2.53 bits per heavy atom. The lowest BCUT2D eigenvalue weighted by Crippen LogP contribution is -2.24. The van der Waals surface area contributed by atoms with E-state index in [4.69, 9.17) is 10.7 Å². The third-order valence-electron chi connectivity index (χ3n) is 6.88. The van der Waals surface area contributed by atoms with Crippen molar-refractivity contribution >= 4 is 22.8 Å². The highest BCUT2D eigenvalue weighted by Crippen LogP contribution is 2.34. The van der Waals surface area contributed by atoms with Gasteiger partial charge in [-0.3, -0.25) is 14.6 Å². The second-order valence-corrected chi connectivity index (χ2v) is 9.65. The van der Waals surface area contributed by atoms with Crippen LogP contribution in [0.1, 0.15) is 24.0 Å². The van der Waals surface area contributed by atoms with E-state index in [0.29, 0.717) is 47.2 Å². The number of imidazole rings is 1. The second kappa shape index (κ2) is 9.93. The maximum atomic E-state index is 13.4. The number of rotatable bonds is 8. The molecule has 4 aromatic heterocycles. The van der Waals surface area contributed by atoms with E-state index < -0.39 is 0 Å². The average molecular weight is 506 g/mol. The minimum Gasteiger partial charge on any atom is -0.384 e. The molecule has 0 radical (unpaired) electrons. The van der Waals surface area contributed by atoms with Crippen LogP contribution in [-0.4, -0.2) is 30.4 Å². The Kier molecular flexibility index (Phi) is 6.17. The van der Waals surface area contributed by atoms with Crippen molar-refractivity contribution in [1.29, 1.82) is 0 Å². The second-order valence-electron chi connectivity index (χ2n) is 9.65. The Bertz CT molecular complexity index is 1660. The van der Waals surface area contributed by atoms with Crippen LogP contribution < -0.4 is 16.5 Å². The highest BCUT2D eigenvalue weighted by Gasteiger charge is 2.26. The van der Waals surface area contributed by atoms with Gasteiger partial charge >= 0.3 is 0 Å². The molecule has 4 N–H and O–H groups in total. The van der Waals surface area contributed by atoms with Gasteiger partial charge in [0.2, 0.25) is 11.3 Å². The molecule has 0 bridgehead atoms. The summed E-state index contributed by atoms with van der Waals surface area (Å²) in [6, 6.07) is 15.2. The van der Waals surface area contributed by atoms with Gasteiger partial charge in [-0.15, -0.1) is 0 Å². The maximum absolute atomic E-state index is 13.4. The number of aromatic amines is 1. The van der Waals surface area contributed by atoms with Gasteiger partial charge in [0, 0.05) is 43.4 Å². The largest absolute Gasteiger partial charge is 0.384 e. The number of nitrogen functional groups attached to an aromatic ring is 1. The van der Waals surface area contributed by atoms with Crippen molar-refractivity contribution in [2.45, 2.75) is 32.4 Å². The molecule has 190 valence electrons. The van der Waals surface area contributed by atoms with Gasteiger partial charge in [0.25, 0.3) is 0 Å². The fourth-order valence-electron chi connectivity index (χ4n) is 4.61. The van der Waals surface area contributed by atoms with Crippen LogP contribution in [0.5, 0.6) is 0 Å². The normalized spacial score (nSPS) is 13.1. The maximum Gasteiger partial charge on any atom is 0.224 e. The molecule has 5 aromatic rings. The van der Waals surface area contributed by atoms with E-state index in [0.717, 1.165) is 35.2 Å². The Morgan fingerprint density at radius 2 is 1.82 bits per heavy atom. The van der Waals surface area contributed by atoms with E-state index >= 15 is 0 Å². The quantitative estimate of drug-likeness (QED) is 0.295. The van der Waals surface area contributed by atoms with Crippen LogP contribution in [0.15, 0.2) is 78.1 Å². The predicted octanol–water partition coefficient (Wildman–Crippen LogP) is 3.70. The summed E-state index contributed by atoms with van der Waals surface area (Å²) in [6.45, 7) is 1.17. The summed E-state index contributed by atoms with van der Waals surface area (Å²) in [7, 11) is 0. The molecule has 1 saturated carbocycles. The standard InChI is InChI=1S/C29H27N7O2/c30-27-25(28-32-13-14-33-28)26(38)22-7-8-23(35-29(22)36(27)17-20-1-2-20)21-5-3-18(4-6-21)15-24(37)34-16-19-9-11-31-12-10-19/h3-14,20H,1-2,15-17,30H2,(H,32,33)(H,34,37). The Labute approximate surface area is 218 Å². The molecule has 1 fully saturated rings. The SMILES string of the molecule is Nc1c(-c2ncc[nH]2)c(=O)c2ccc(-c3ccc(CC(=O)NCc4ccncc4)cc3)nc2n1CC1CC1. The molecule has 0 atom stereocenters. The van der Waals surface area contributed by atoms with E-state index in [2.05, 4.69) is 20.3 Å². The number of H-pyrrole nitrogens is 1. The van der Waals surface area contributed by atoms with Gasteiger partial charge in [-0.1, -0.05) is 24.3 Å². The summed E-state index contributed by atoms with van der Waals surface area (Å²) in [5.41, 5.74) is 10.9. The minimum absolute atomic E-state index is 0.0506. The molecule has 0 aliphatic heterocycles. The van der Waals surface area contributed by atoms with Crippen molar-refractivity contribution in [2.24, 2.45) is 5.92 Å². The first-order valence-corrected chi connectivity index (χ1v) is 12.6. The van der Waals surface area contributed by atoms with E-state index in [1.54, 1.807) is 24.8 Å². The fourth-order valence-corrected chi connectivity index (χ4v) is 4.61. The van der Waals surface area contributed by atoms with Crippen LogP contribution in [-0.2, 0) is 24.3 Å². The molecule has 0 spiro atoms. The van der Waals surface area contributed by atoms with Crippen molar-refractivity contribution in [1.82, 2.24) is 29.8 Å². The molecule has 38 heavy (non-hydrogen) atoms. The molecule has 1 aliphatic rings. The summed E-state index contributed by atoms with van der Waals surface area (Å²) in [4.78, 5) is 42.0. The summed E-state index contributed by atoms with van der Waals surface area (Å²) < 4.78 is 1.96. The van der Waals surface area contributed by atoms with Crippen molar-refractivity contribution in [3.63, 3.8) is 0 Å². The summed E-state index contributed by atoms with van der Waals surface area (Å²) in [6.07, 6.45) is 9.26. The average Bonchev–Trinajstić information content (AvgIpc) is 3.61. The minimum atomic E-state index is -0.188. The van der Waals surface area contributed by atoms with Crippen LogP contribution in [0.25, 0.3) is 33.7 Å². The number of hydrogen-bond acceptors (Lipinski definition) is 6. The number of nitrogens with zero attached hydrogens (tertiary/aromatic N) is 4. The third-order valence-corrected chi connectivity index (χ3v) is 6.88. The smallest absolute Gasteiger partial charge is 0.224 e. The lowest BCUT2D eigenvalue weighted by molar-refractivity contribution is -0.120. The van der Waals surface area contributed by atoms with Gasteiger partial charge in [-0.25, -0.2) is 9.97 Å². The van der Waals surface area contributed by atoms with Crippen molar-refractivity contribution in [2.75, 3.05) is 5.73 Å². The number of fused-ring (bicyclic) bond motifs is 1. The van der Waals surface area contributed by atoms with Crippen molar-refractivity contribution in [3.05, 3.63) is 94.7 Å². The van der Waals surface area contributed by atoms with Gasteiger partial charge in [0.1, 0.15) is 22.9 Å². The molecule has 4 heterocycles. The van der Waals surface area contributed by atoms with E-state index in [-0.39, 0.29) is 17.8 Å². The lowest BCUT2D eigenvalue weighted by Gasteiger charge is -2.17. The lowest BCUT2D eigenvalue weighted by atomic mass is 10.0. The predicted molar refractivity (Wildman–Crippen MR) is 146 cm³/mol. The monoisotopic (exact) mass is 505 g/mol. The Morgan fingerprint density at radius 1 is 1.03 bits per heavy atom. The van der Waals surface area contributed by atoms with Crippen LogP contribution in [0.2, 0.25) is 0 Å². The molecule has 1 amide bonds. The number of nitrogens with two attached hydrogens (primary N) is 1. The van der Waals surface area contributed by atoms with E-state index in [1.165, 1.54) is 0 Å². The van der Waals surface area contributed by atoms with E-state index in [1.807, 2.05) is 53.1 Å². The Balaban J connectivity index is 1.27. The highest BCUT2D eigenvalue weighted by molar-refractivity contribution is 5.87. The van der Waals surface area contributed by atoms with Gasteiger partial charge < -0.3 is 20.6 Å². The van der Waals surface area contributed by atoms with Crippen LogP contribution in [0, 0.1) is 5.92 Å². The third kappa shape index (κ3) is 4.78.